The molecule has 0 unspecified atom stereocenters. The Balaban J connectivity index is 2.19. The Bertz CT molecular complexity index is 592. The maximum absolute atomic E-state index is 6.09. The third-order valence-corrected chi connectivity index (χ3v) is 3.73. The third kappa shape index (κ3) is 4.51. The van der Waals surface area contributed by atoms with Crippen LogP contribution in [0.3, 0.4) is 0 Å². The van der Waals surface area contributed by atoms with Crippen molar-refractivity contribution in [2.45, 2.75) is 49.9 Å². The predicted octanol–water partition coefficient (Wildman–Crippen LogP) is 4.07. The zero-order valence-corrected chi connectivity index (χ0v) is 13.6. The van der Waals surface area contributed by atoms with E-state index in [2.05, 4.69) is 36.3 Å². The van der Waals surface area contributed by atoms with Gasteiger partial charge in [0.15, 0.2) is 0 Å². The van der Waals surface area contributed by atoms with Crippen LogP contribution in [0.4, 0.5) is 0 Å². The smallest absolute Gasteiger partial charge is 0.281 e. The number of aromatic nitrogens is 2. The molecule has 0 fully saturated rings. The van der Waals surface area contributed by atoms with Crippen molar-refractivity contribution in [3.05, 3.63) is 34.7 Å². The van der Waals surface area contributed by atoms with Gasteiger partial charge in [-0.2, -0.15) is 0 Å². The molecule has 0 saturated heterocycles. The average Bonchev–Trinajstić information content (AvgIpc) is 2.74. The van der Waals surface area contributed by atoms with Gasteiger partial charge in [0, 0.05) is 28.9 Å². The molecular weight excluding hydrogens is 294 g/mol. The molecule has 0 aliphatic carbocycles. The van der Waals surface area contributed by atoms with Crippen molar-refractivity contribution in [1.29, 1.82) is 0 Å². The first kappa shape index (κ1) is 15.4. The first-order valence-electron chi connectivity index (χ1n) is 6.35. The Labute approximate surface area is 128 Å². The lowest BCUT2D eigenvalue weighted by Gasteiger charge is -2.21. The van der Waals surface area contributed by atoms with E-state index in [1.54, 1.807) is 6.92 Å². The summed E-state index contributed by atoms with van der Waals surface area (Å²) in [6, 6.07) is 5.81. The lowest BCUT2D eigenvalue weighted by atomic mass is 10.1. The van der Waals surface area contributed by atoms with E-state index in [-0.39, 0.29) is 5.54 Å². The van der Waals surface area contributed by atoms with Crippen LogP contribution in [0.5, 0.6) is 0 Å². The molecule has 0 spiro atoms. The first-order chi connectivity index (χ1) is 9.33. The number of hydrogen-bond acceptors (Lipinski definition) is 5. The highest BCUT2D eigenvalue weighted by molar-refractivity contribution is 7.99. The van der Waals surface area contributed by atoms with Gasteiger partial charge in [0.05, 0.1) is 0 Å². The van der Waals surface area contributed by atoms with Crippen LogP contribution in [0.15, 0.2) is 32.7 Å². The second-order valence-electron chi connectivity index (χ2n) is 5.54. The van der Waals surface area contributed by atoms with Gasteiger partial charge in [0.1, 0.15) is 0 Å². The molecule has 0 aliphatic heterocycles. The topological polar surface area (TPSA) is 51.0 Å². The summed E-state index contributed by atoms with van der Waals surface area (Å²) in [6.45, 7) is 8.91. The number of nitrogens with zero attached hydrogens (tertiary/aromatic N) is 2. The molecule has 4 nitrogen and oxygen atoms in total. The van der Waals surface area contributed by atoms with Gasteiger partial charge in [0.25, 0.3) is 5.22 Å². The SMILES string of the molecule is Cc1nnc(Sc2ccc(Cl)cc2CNC(C)(C)C)o1. The van der Waals surface area contributed by atoms with E-state index in [9.17, 15) is 0 Å². The monoisotopic (exact) mass is 311 g/mol. The Morgan fingerprint density at radius 2 is 2.05 bits per heavy atom. The molecule has 1 N–H and O–H groups in total. The summed E-state index contributed by atoms with van der Waals surface area (Å²) in [5, 5.41) is 12.6. The highest BCUT2D eigenvalue weighted by Gasteiger charge is 2.13. The van der Waals surface area contributed by atoms with Crippen molar-refractivity contribution < 1.29 is 4.42 Å². The van der Waals surface area contributed by atoms with E-state index in [4.69, 9.17) is 16.0 Å². The average molecular weight is 312 g/mol. The zero-order chi connectivity index (χ0) is 14.8. The third-order valence-electron chi connectivity index (χ3n) is 2.54. The standard InChI is InChI=1S/C14H18ClN3OS/c1-9-17-18-13(19-9)20-12-6-5-11(15)7-10(12)8-16-14(2,3)4/h5-7,16H,8H2,1-4H3. The summed E-state index contributed by atoms with van der Waals surface area (Å²) >= 11 is 7.54. The van der Waals surface area contributed by atoms with Crippen molar-refractivity contribution in [2.75, 3.05) is 0 Å². The Kier molecular flexibility index (Phi) is 4.73. The van der Waals surface area contributed by atoms with Gasteiger partial charge in [-0.05, 0) is 56.3 Å². The Hall–Kier alpha value is -1.04. The van der Waals surface area contributed by atoms with Gasteiger partial charge < -0.3 is 9.73 Å². The molecule has 1 heterocycles. The van der Waals surface area contributed by atoms with Crippen LogP contribution in [0.2, 0.25) is 5.02 Å². The van der Waals surface area contributed by atoms with Gasteiger partial charge in [0.2, 0.25) is 5.89 Å². The summed E-state index contributed by atoms with van der Waals surface area (Å²) in [6.07, 6.45) is 0. The summed E-state index contributed by atoms with van der Waals surface area (Å²) in [7, 11) is 0. The minimum Gasteiger partial charge on any atom is -0.416 e. The van der Waals surface area contributed by atoms with Gasteiger partial charge >= 0.3 is 0 Å². The molecule has 0 amide bonds. The van der Waals surface area contributed by atoms with Crippen molar-refractivity contribution in [2.24, 2.45) is 0 Å². The van der Waals surface area contributed by atoms with Crippen molar-refractivity contribution >= 4 is 23.4 Å². The molecule has 0 atom stereocenters. The van der Waals surface area contributed by atoms with Gasteiger partial charge in [-0.1, -0.05) is 11.6 Å². The lowest BCUT2D eigenvalue weighted by Crippen LogP contribution is -2.35. The molecule has 0 saturated carbocycles. The molecule has 1 aromatic carbocycles. The highest BCUT2D eigenvalue weighted by Crippen LogP contribution is 2.31. The second kappa shape index (κ2) is 6.16. The Morgan fingerprint density at radius 1 is 1.30 bits per heavy atom. The van der Waals surface area contributed by atoms with E-state index < -0.39 is 0 Å². The summed E-state index contributed by atoms with van der Waals surface area (Å²) in [5.41, 5.74) is 1.17. The predicted molar refractivity (Wildman–Crippen MR) is 81.2 cm³/mol. The quantitative estimate of drug-likeness (QED) is 0.922. The highest BCUT2D eigenvalue weighted by atomic mass is 35.5. The van der Waals surface area contributed by atoms with Crippen LogP contribution in [0.25, 0.3) is 0 Å². The molecule has 0 bridgehead atoms. The van der Waals surface area contributed by atoms with Crippen molar-refractivity contribution in [3.63, 3.8) is 0 Å². The summed E-state index contributed by atoms with van der Waals surface area (Å²) in [4.78, 5) is 1.06. The van der Waals surface area contributed by atoms with Crippen LogP contribution in [0.1, 0.15) is 32.2 Å². The summed E-state index contributed by atoms with van der Waals surface area (Å²) < 4.78 is 5.41. The summed E-state index contributed by atoms with van der Waals surface area (Å²) in [5.74, 6) is 0.566. The van der Waals surface area contributed by atoms with Gasteiger partial charge in [-0.15, -0.1) is 10.2 Å². The fraction of sp³-hybridized carbons (Fsp3) is 0.429. The number of halogens is 1. The molecule has 0 aliphatic rings. The second-order valence-corrected chi connectivity index (χ2v) is 6.97. The van der Waals surface area contributed by atoms with E-state index in [0.717, 1.165) is 22.0 Å². The number of aryl methyl sites for hydroxylation is 1. The van der Waals surface area contributed by atoms with Crippen LogP contribution < -0.4 is 5.32 Å². The van der Waals surface area contributed by atoms with E-state index in [0.29, 0.717) is 11.1 Å². The zero-order valence-electron chi connectivity index (χ0n) is 12.0. The number of hydrogen-bond donors (Lipinski definition) is 1. The number of benzene rings is 1. The lowest BCUT2D eigenvalue weighted by molar-refractivity contribution is 0.421. The van der Waals surface area contributed by atoms with Gasteiger partial charge in [-0.25, -0.2) is 0 Å². The van der Waals surface area contributed by atoms with E-state index in [1.807, 2.05) is 18.2 Å². The maximum atomic E-state index is 6.09. The molecule has 108 valence electrons. The van der Waals surface area contributed by atoms with Crippen molar-refractivity contribution in [3.8, 4) is 0 Å². The normalized spacial score (nSPS) is 11.8. The maximum Gasteiger partial charge on any atom is 0.281 e. The fourth-order valence-corrected chi connectivity index (χ4v) is 2.58. The fourth-order valence-electron chi connectivity index (χ4n) is 1.56. The molecule has 6 heteroatoms. The Morgan fingerprint density at radius 3 is 2.65 bits per heavy atom. The molecule has 2 rings (SSSR count). The van der Waals surface area contributed by atoms with Crippen LogP contribution in [-0.4, -0.2) is 15.7 Å². The molecule has 0 radical (unpaired) electrons. The number of nitrogens with one attached hydrogen (secondary N) is 1. The minimum atomic E-state index is 0.0470. The molecule has 20 heavy (non-hydrogen) atoms. The van der Waals surface area contributed by atoms with Crippen LogP contribution >= 0.6 is 23.4 Å². The van der Waals surface area contributed by atoms with E-state index in [1.165, 1.54) is 11.8 Å². The molecule has 2 aromatic rings. The molecular formula is C14H18ClN3OS. The van der Waals surface area contributed by atoms with Crippen LogP contribution in [-0.2, 0) is 6.54 Å². The minimum absolute atomic E-state index is 0.0470. The first-order valence-corrected chi connectivity index (χ1v) is 7.54. The number of rotatable bonds is 4. The van der Waals surface area contributed by atoms with Crippen LogP contribution in [0, 0.1) is 6.92 Å². The van der Waals surface area contributed by atoms with Crippen molar-refractivity contribution in [1.82, 2.24) is 15.5 Å². The van der Waals surface area contributed by atoms with E-state index >= 15 is 0 Å². The largest absolute Gasteiger partial charge is 0.416 e. The molecule has 1 aromatic heterocycles. The van der Waals surface area contributed by atoms with Gasteiger partial charge in [-0.3, -0.25) is 0 Å².